The summed E-state index contributed by atoms with van der Waals surface area (Å²) in [5.74, 6) is 0.153. The van der Waals surface area contributed by atoms with E-state index in [9.17, 15) is 4.79 Å². The van der Waals surface area contributed by atoms with Gasteiger partial charge in [-0.05, 0) is 12.3 Å². The van der Waals surface area contributed by atoms with Crippen molar-refractivity contribution in [1.82, 2.24) is 4.98 Å². The lowest BCUT2D eigenvalue weighted by Gasteiger charge is -2.21. The van der Waals surface area contributed by atoms with E-state index in [4.69, 9.17) is 28.4 Å². The predicted molar refractivity (Wildman–Crippen MR) is 99.8 cm³/mol. The van der Waals surface area contributed by atoms with Gasteiger partial charge in [0, 0.05) is 20.1 Å². The van der Waals surface area contributed by atoms with Crippen molar-refractivity contribution >= 4 is 5.78 Å². The molecule has 1 aromatic heterocycles. The Morgan fingerprint density at radius 1 is 1.00 bits per heavy atom. The number of allylic oxidation sites excluding steroid dienone is 1. The number of methoxy groups -OCH3 is 4. The van der Waals surface area contributed by atoms with Crippen LogP contribution in [0.4, 0.5) is 0 Å². The minimum Gasteiger partial charge on any atom is -0.489 e. The van der Waals surface area contributed by atoms with Crippen LogP contribution >= 0.6 is 0 Å². The Balaban J connectivity index is 3.53. The second-order valence-corrected chi connectivity index (χ2v) is 5.98. The molecule has 27 heavy (non-hydrogen) atoms. The normalized spacial score (nSPS) is 12.8. The van der Waals surface area contributed by atoms with E-state index in [1.807, 2.05) is 13.8 Å². The second-order valence-electron chi connectivity index (χ2n) is 5.98. The van der Waals surface area contributed by atoms with Crippen molar-refractivity contribution in [3.63, 3.8) is 0 Å². The largest absolute Gasteiger partial charge is 0.489 e. The number of carbonyl (C=O) groups excluding carboxylic acids is 1. The number of carbonyl (C=O) groups is 1. The summed E-state index contributed by atoms with van der Waals surface area (Å²) in [6, 6.07) is 0. The number of ketones is 1. The smallest absolute Gasteiger partial charge is 0.264 e. The fourth-order valence-corrected chi connectivity index (χ4v) is 2.52. The van der Waals surface area contributed by atoms with Crippen LogP contribution in [0.2, 0.25) is 0 Å². The van der Waals surface area contributed by atoms with E-state index >= 15 is 0 Å². The third-order valence-electron chi connectivity index (χ3n) is 3.90. The molecular weight excluding hydrogens is 354 g/mol. The summed E-state index contributed by atoms with van der Waals surface area (Å²) in [5.41, 5.74) is 0.158. The highest BCUT2D eigenvalue weighted by atomic mass is 16.7. The van der Waals surface area contributed by atoms with Gasteiger partial charge in [-0.15, -0.1) is 6.58 Å². The van der Waals surface area contributed by atoms with Crippen LogP contribution in [0.25, 0.3) is 0 Å². The number of hydrogen-bond donors (Lipinski definition) is 0. The molecule has 0 spiro atoms. The lowest BCUT2D eigenvalue weighted by atomic mass is 9.90. The molecule has 0 aliphatic rings. The zero-order valence-electron chi connectivity index (χ0n) is 16.9. The molecule has 0 bridgehead atoms. The van der Waals surface area contributed by atoms with Gasteiger partial charge in [-0.3, -0.25) is 4.79 Å². The molecule has 0 saturated carbocycles. The van der Waals surface area contributed by atoms with Gasteiger partial charge >= 0.3 is 0 Å². The molecule has 1 heterocycles. The Morgan fingerprint density at radius 3 is 2.15 bits per heavy atom. The summed E-state index contributed by atoms with van der Waals surface area (Å²) in [5, 5.41) is 0. The minimum atomic E-state index is -0.326. The number of aromatic nitrogens is 1. The van der Waals surface area contributed by atoms with Gasteiger partial charge in [0.05, 0.1) is 14.2 Å². The van der Waals surface area contributed by atoms with Gasteiger partial charge in [-0.25, -0.2) is 0 Å². The number of nitrogens with zero attached hydrogens (tertiary/aromatic N) is 1. The summed E-state index contributed by atoms with van der Waals surface area (Å²) in [7, 11) is 5.81. The molecule has 1 rings (SSSR count). The number of hydrogen-bond acceptors (Lipinski definition) is 8. The van der Waals surface area contributed by atoms with Crippen LogP contribution in [0.3, 0.4) is 0 Å². The lowest BCUT2D eigenvalue weighted by molar-refractivity contribution is 0.0397. The van der Waals surface area contributed by atoms with Crippen molar-refractivity contribution in [2.75, 3.05) is 42.0 Å². The maximum Gasteiger partial charge on any atom is 0.264 e. The molecule has 0 aliphatic carbocycles. The summed E-state index contributed by atoms with van der Waals surface area (Å²) in [6.45, 7) is 7.41. The summed E-state index contributed by atoms with van der Waals surface area (Å²) in [6.07, 6.45) is 2.42. The van der Waals surface area contributed by atoms with Crippen molar-refractivity contribution in [2.24, 2.45) is 11.8 Å². The van der Waals surface area contributed by atoms with Crippen molar-refractivity contribution in [3.05, 3.63) is 18.2 Å². The van der Waals surface area contributed by atoms with Crippen molar-refractivity contribution in [2.45, 2.75) is 20.3 Å². The van der Waals surface area contributed by atoms with Crippen LogP contribution in [-0.2, 0) is 9.47 Å². The SMILES string of the molecule is C=C[C@@H](C)C[C@H](C)C(=O)c1c(OCOC)nc(OC)c(OC)c1OCOC. The molecule has 0 aromatic carbocycles. The van der Waals surface area contributed by atoms with Crippen LogP contribution in [0.5, 0.6) is 23.3 Å². The van der Waals surface area contributed by atoms with E-state index < -0.39 is 0 Å². The quantitative estimate of drug-likeness (QED) is 0.292. The Labute approximate surface area is 160 Å². The number of Topliss-reactive ketones (excluding diaryl/α,β-unsaturated/α-hetero) is 1. The molecule has 8 heteroatoms. The molecule has 0 unspecified atom stereocenters. The zero-order chi connectivity index (χ0) is 20.4. The number of ether oxygens (including phenoxy) is 6. The van der Waals surface area contributed by atoms with Gasteiger partial charge < -0.3 is 28.4 Å². The molecule has 0 saturated heterocycles. The van der Waals surface area contributed by atoms with E-state index in [1.165, 1.54) is 28.4 Å². The van der Waals surface area contributed by atoms with Gasteiger partial charge in [0.15, 0.2) is 25.1 Å². The van der Waals surface area contributed by atoms with E-state index in [1.54, 1.807) is 6.08 Å². The molecule has 0 aliphatic heterocycles. The predicted octanol–water partition coefficient (Wildman–Crippen LogP) is 3.10. The first-order chi connectivity index (χ1) is 12.9. The first-order valence-electron chi connectivity index (χ1n) is 8.51. The highest BCUT2D eigenvalue weighted by molar-refractivity contribution is 6.03. The monoisotopic (exact) mass is 383 g/mol. The fourth-order valence-electron chi connectivity index (χ4n) is 2.52. The van der Waals surface area contributed by atoms with Crippen LogP contribution in [0.15, 0.2) is 12.7 Å². The van der Waals surface area contributed by atoms with Gasteiger partial charge in [0.2, 0.25) is 11.6 Å². The lowest BCUT2D eigenvalue weighted by Crippen LogP contribution is -2.19. The topological polar surface area (TPSA) is 85.3 Å². The third kappa shape index (κ3) is 5.83. The van der Waals surface area contributed by atoms with E-state index in [2.05, 4.69) is 11.6 Å². The van der Waals surface area contributed by atoms with Crippen LogP contribution in [-0.4, -0.2) is 52.8 Å². The number of pyridine rings is 1. The summed E-state index contributed by atoms with van der Waals surface area (Å²) >= 11 is 0. The van der Waals surface area contributed by atoms with Gasteiger partial charge in [-0.2, -0.15) is 4.98 Å². The maximum atomic E-state index is 13.2. The van der Waals surface area contributed by atoms with Crippen LogP contribution in [0.1, 0.15) is 30.6 Å². The minimum absolute atomic E-state index is 0.0451. The summed E-state index contributed by atoms with van der Waals surface area (Å²) in [4.78, 5) is 17.5. The highest BCUT2D eigenvalue weighted by Crippen LogP contribution is 2.44. The molecule has 1 aromatic rings. The molecule has 2 atom stereocenters. The molecule has 0 N–H and O–H groups in total. The average Bonchev–Trinajstić information content (AvgIpc) is 2.68. The molecule has 0 radical (unpaired) electrons. The van der Waals surface area contributed by atoms with E-state index in [0.29, 0.717) is 6.42 Å². The Morgan fingerprint density at radius 2 is 1.63 bits per heavy atom. The third-order valence-corrected chi connectivity index (χ3v) is 3.90. The summed E-state index contributed by atoms with van der Waals surface area (Å²) < 4.78 is 31.7. The van der Waals surface area contributed by atoms with Gasteiger partial charge in [0.25, 0.3) is 5.88 Å². The van der Waals surface area contributed by atoms with Crippen molar-refractivity contribution in [3.8, 4) is 23.3 Å². The van der Waals surface area contributed by atoms with Crippen LogP contribution < -0.4 is 18.9 Å². The zero-order valence-corrected chi connectivity index (χ0v) is 16.9. The molecule has 152 valence electrons. The van der Waals surface area contributed by atoms with Crippen molar-refractivity contribution < 1.29 is 33.2 Å². The maximum absolute atomic E-state index is 13.2. The van der Waals surface area contributed by atoms with Crippen molar-refractivity contribution in [1.29, 1.82) is 0 Å². The average molecular weight is 383 g/mol. The van der Waals surface area contributed by atoms with E-state index in [0.717, 1.165) is 0 Å². The highest BCUT2D eigenvalue weighted by Gasteiger charge is 2.31. The second kappa shape index (κ2) is 11.4. The Kier molecular flexibility index (Phi) is 9.60. The Bertz CT molecular complexity index is 633. The molecule has 0 fully saturated rings. The standard InChI is InChI=1S/C19H29NO7/c1-8-12(2)9-13(3)15(21)14-16(26-10-22-4)17(24-6)19(25-7)20-18(14)27-11-23-5/h8,12-13H,1,9-11H2,2-7H3/t12-,13+/m1/s1. The van der Waals surface area contributed by atoms with Crippen LogP contribution in [0, 0.1) is 11.8 Å². The molecule has 8 nitrogen and oxygen atoms in total. The first kappa shape index (κ1) is 22.7. The van der Waals surface area contributed by atoms with Gasteiger partial charge in [-0.1, -0.05) is 19.9 Å². The van der Waals surface area contributed by atoms with Gasteiger partial charge in [0.1, 0.15) is 5.56 Å². The van der Waals surface area contributed by atoms with E-state index in [-0.39, 0.29) is 60.0 Å². The number of rotatable bonds is 13. The Hall–Kier alpha value is -2.32. The fraction of sp³-hybridized carbons (Fsp3) is 0.579. The first-order valence-corrected chi connectivity index (χ1v) is 8.51. The molecule has 0 amide bonds. The molecular formula is C19H29NO7.